The van der Waals surface area contributed by atoms with Crippen molar-refractivity contribution in [2.24, 2.45) is 0 Å². The number of benzene rings is 1. The van der Waals surface area contributed by atoms with Crippen molar-refractivity contribution in [1.29, 1.82) is 0 Å². The fraction of sp³-hybridized carbons (Fsp3) is 0.364. The summed E-state index contributed by atoms with van der Waals surface area (Å²) in [6, 6.07) is 3.92. The average molecular weight is 308 g/mol. The number of ether oxygens (including phenoxy) is 1. The van der Waals surface area contributed by atoms with Crippen molar-refractivity contribution < 1.29 is 23.1 Å². The molecule has 0 aromatic heterocycles. The Labute approximate surface area is 116 Å². The highest BCUT2D eigenvalue weighted by atomic mass is 35.5. The highest BCUT2D eigenvalue weighted by Gasteiger charge is 2.13. The van der Waals surface area contributed by atoms with Gasteiger partial charge in [0.2, 0.25) is 10.0 Å². The van der Waals surface area contributed by atoms with E-state index in [0.29, 0.717) is 13.0 Å². The summed E-state index contributed by atoms with van der Waals surface area (Å²) in [5.74, 6) is -1.32. The summed E-state index contributed by atoms with van der Waals surface area (Å²) < 4.78 is 30.4. The van der Waals surface area contributed by atoms with Gasteiger partial charge in [0, 0.05) is 19.4 Å². The first-order chi connectivity index (χ1) is 8.85. The van der Waals surface area contributed by atoms with Gasteiger partial charge in [-0.3, -0.25) is 4.72 Å². The normalized spacial score (nSPS) is 11.3. The van der Waals surface area contributed by atoms with Gasteiger partial charge in [-0.2, -0.15) is 0 Å². The second kappa shape index (κ2) is 6.74. The summed E-state index contributed by atoms with van der Waals surface area (Å²) in [6.45, 7) is 0.335. The van der Waals surface area contributed by atoms with Gasteiger partial charge in [-0.1, -0.05) is 11.6 Å². The van der Waals surface area contributed by atoms with Crippen LogP contribution in [0, 0.1) is 0 Å². The highest BCUT2D eigenvalue weighted by molar-refractivity contribution is 7.92. The van der Waals surface area contributed by atoms with E-state index in [0.717, 1.165) is 0 Å². The smallest absolute Gasteiger partial charge is 0.337 e. The van der Waals surface area contributed by atoms with E-state index in [4.69, 9.17) is 21.4 Å². The number of aromatic carboxylic acids is 1. The van der Waals surface area contributed by atoms with Gasteiger partial charge >= 0.3 is 5.97 Å². The number of sulfonamides is 1. The summed E-state index contributed by atoms with van der Waals surface area (Å²) in [4.78, 5) is 10.9. The minimum Gasteiger partial charge on any atom is -0.478 e. The number of hydrogen-bond acceptors (Lipinski definition) is 4. The molecule has 0 amide bonds. The number of anilines is 1. The summed E-state index contributed by atoms with van der Waals surface area (Å²) in [5, 5.41) is 8.93. The minimum absolute atomic E-state index is 0.0508. The Balaban J connectivity index is 2.82. The lowest BCUT2D eigenvalue weighted by molar-refractivity contribution is 0.0697. The topological polar surface area (TPSA) is 92.7 Å². The molecule has 1 rings (SSSR count). The van der Waals surface area contributed by atoms with Gasteiger partial charge in [-0.15, -0.1) is 0 Å². The number of hydrogen-bond donors (Lipinski definition) is 2. The predicted molar refractivity (Wildman–Crippen MR) is 72.3 cm³/mol. The fourth-order valence-electron chi connectivity index (χ4n) is 1.38. The summed E-state index contributed by atoms with van der Waals surface area (Å²) in [7, 11) is -2.04. The van der Waals surface area contributed by atoms with Gasteiger partial charge in [-0.25, -0.2) is 13.2 Å². The first kappa shape index (κ1) is 15.7. The van der Waals surface area contributed by atoms with Crippen molar-refractivity contribution in [1.82, 2.24) is 0 Å². The van der Waals surface area contributed by atoms with Gasteiger partial charge in [0.1, 0.15) is 0 Å². The zero-order chi connectivity index (χ0) is 14.5. The molecule has 0 unspecified atom stereocenters. The fourth-order valence-corrected chi connectivity index (χ4v) is 2.66. The molecular formula is C11H14ClNO5S. The molecule has 1 aromatic carbocycles. The van der Waals surface area contributed by atoms with Gasteiger partial charge in [0.05, 0.1) is 16.3 Å². The Morgan fingerprint density at radius 2 is 2.16 bits per heavy atom. The molecule has 0 aliphatic heterocycles. The second-order valence-electron chi connectivity index (χ2n) is 3.77. The monoisotopic (exact) mass is 307 g/mol. The van der Waals surface area contributed by atoms with Crippen molar-refractivity contribution in [3.63, 3.8) is 0 Å². The van der Waals surface area contributed by atoms with Crippen LogP contribution < -0.4 is 4.72 Å². The molecule has 0 spiro atoms. The molecule has 0 fully saturated rings. The van der Waals surface area contributed by atoms with E-state index in [1.165, 1.54) is 25.3 Å². The molecule has 0 radical (unpaired) electrons. The molecular weight excluding hydrogens is 294 g/mol. The van der Waals surface area contributed by atoms with Crippen LogP contribution in [0.4, 0.5) is 5.69 Å². The van der Waals surface area contributed by atoms with Crippen LogP contribution in [0.5, 0.6) is 0 Å². The molecule has 1 aromatic rings. The van der Waals surface area contributed by atoms with Gasteiger partial charge in [0.15, 0.2) is 0 Å². The second-order valence-corrected chi connectivity index (χ2v) is 6.02. The first-order valence-electron chi connectivity index (χ1n) is 5.38. The summed E-state index contributed by atoms with van der Waals surface area (Å²) >= 11 is 5.69. The lowest BCUT2D eigenvalue weighted by atomic mass is 10.2. The largest absolute Gasteiger partial charge is 0.478 e. The third-order valence-corrected chi connectivity index (χ3v) is 3.93. The molecule has 0 aliphatic carbocycles. The van der Waals surface area contributed by atoms with Crippen LogP contribution in [0.3, 0.4) is 0 Å². The molecule has 0 aliphatic rings. The average Bonchev–Trinajstić information content (AvgIpc) is 2.31. The van der Waals surface area contributed by atoms with E-state index >= 15 is 0 Å². The maximum Gasteiger partial charge on any atom is 0.337 e. The molecule has 2 N–H and O–H groups in total. The molecule has 19 heavy (non-hydrogen) atoms. The zero-order valence-electron chi connectivity index (χ0n) is 10.2. The van der Waals surface area contributed by atoms with Crippen molar-refractivity contribution in [3.05, 3.63) is 28.8 Å². The van der Waals surface area contributed by atoms with E-state index in [9.17, 15) is 13.2 Å². The molecule has 0 bridgehead atoms. The third-order valence-electron chi connectivity index (χ3n) is 2.23. The Kier molecular flexibility index (Phi) is 5.59. The number of halogens is 1. The van der Waals surface area contributed by atoms with Crippen LogP contribution in [-0.2, 0) is 14.8 Å². The molecule has 0 saturated heterocycles. The lowest BCUT2D eigenvalue weighted by Crippen LogP contribution is -2.18. The Morgan fingerprint density at radius 1 is 1.47 bits per heavy atom. The third kappa shape index (κ3) is 5.06. The zero-order valence-corrected chi connectivity index (χ0v) is 11.8. The standard InChI is InChI=1S/C11H14ClNO5S/c1-18-5-2-6-19(16,17)13-8-3-4-10(12)9(7-8)11(14)15/h3-4,7,13H,2,5-6H2,1H3,(H,14,15). The van der Waals surface area contributed by atoms with Crippen molar-refractivity contribution in [3.8, 4) is 0 Å². The minimum atomic E-state index is -3.53. The van der Waals surface area contributed by atoms with Gasteiger partial charge in [-0.05, 0) is 24.6 Å². The van der Waals surface area contributed by atoms with Crippen LogP contribution in [-0.4, -0.2) is 39.0 Å². The maximum absolute atomic E-state index is 11.7. The number of carbonyl (C=O) groups is 1. The highest BCUT2D eigenvalue weighted by Crippen LogP contribution is 2.21. The van der Waals surface area contributed by atoms with Crippen LogP contribution in [0.1, 0.15) is 16.8 Å². The van der Waals surface area contributed by atoms with E-state index in [1.807, 2.05) is 0 Å². The van der Waals surface area contributed by atoms with Crippen molar-refractivity contribution in [2.45, 2.75) is 6.42 Å². The first-order valence-corrected chi connectivity index (χ1v) is 7.41. The Hall–Kier alpha value is -1.31. The Bertz CT molecular complexity index is 558. The van der Waals surface area contributed by atoms with E-state index in [-0.39, 0.29) is 22.0 Å². The van der Waals surface area contributed by atoms with Crippen LogP contribution in [0.15, 0.2) is 18.2 Å². The molecule has 0 saturated carbocycles. The summed E-state index contributed by atoms with van der Waals surface area (Å²) in [5.41, 5.74) is 0.0120. The number of methoxy groups -OCH3 is 1. The van der Waals surface area contributed by atoms with Crippen LogP contribution in [0.25, 0.3) is 0 Å². The van der Waals surface area contributed by atoms with E-state index in [1.54, 1.807) is 0 Å². The number of carboxylic acids is 1. The summed E-state index contributed by atoms with van der Waals surface area (Å²) in [6.07, 6.45) is 0.352. The maximum atomic E-state index is 11.7. The van der Waals surface area contributed by atoms with E-state index < -0.39 is 16.0 Å². The van der Waals surface area contributed by atoms with Crippen LogP contribution >= 0.6 is 11.6 Å². The lowest BCUT2D eigenvalue weighted by Gasteiger charge is -2.09. The van der Waals surface area contributed by atoms with Gasteiger partial charge in [0.25, 0.3) is 0 Å². The predicted octanol–water partition coefficient (Wildman–Crippen LogP) is 1.82. The van der Waals surface area contributed by atoms with Crippen molar-refractivity contribution in [2.75, 3.05) is 24.2 Å². The van der Waals surface area contributed by atoms with Crippen LogP contribution in [0.2, 0.25) is 5.02 Å². The molecule has 6 nitrogen and oxygen atoms in total. The quantitative estimate of drug-likeness (QED) is 0.749. The molecule has 8 heteroatoms. The van der Waals surface area contributed by atoms with Crippen molar-refractivity contribution >= 4 is 33.3 Å². The number of rotatable bonds is 7. The Morgan fingerprint density at radius 3 is 2.74 bits per heavy atom. The SMILES string of the molecule is COCCCS(=O)(=O)Nc1ccc(Cl)c(C(=O)O)c1. The molecule has 0 heterocycles. The van der Waals surface area contributed by atoms with E-state index in [2.05, 4.69) is 4.72 Å². The number of nitrogens with one attached hydrogen (secondary N) is 1. The van der Waals surface area contributed by atoms with Gasteiger partial charge < -0.3 is 9.84 Å². The molecule has 0 atom stereocenters. The number of carboxylic acid groups (broad SMARTS) is 1. The molecule has 106 valence electrons.